The molecule has 0 saturated carbocycles. The summed E-state index contributed by atoms with van der Waals surface area (Å²) in [5, 5.41) is 3.20. The van der Waals surface area contributed by atoms with Crippen LogP contribution < -0.4 is 5.32 Å². The Balaban J connectivity index is 2.34. The van der Waals surface area contributed by atoms with Crippen LogP contribution in [0.1, 0.15) is 25.2 Å². The van der Waals surface area contributed by atoms with E-state index >= 15 is 0 Å². The van der Waals surface area contributed by atoms with Gasteiger partial charge >= 0.3 is 12.3 Å². The third-order valence-electron chi connectivity index (χ3n) is 2.49. The van der Waals surface area contributed by atoms with Crippen LogP contribution in [0.25, 0.3) is 0 Å². The Kier molecular flexibility index (Phi) is 6.97. The van der Waals surface area contributed by atoms with Crippen molar-refractivity contribution < 1.29 is 22.3 Å². The van der Waals surface area contributed by atoms with Crippen molar-refractivity contribution in [1.82, 2.24) is 15.3 Å². The van der Waals surface area contributed by atoms with Crippen LogP contribution in [0.5, 0.6) is 0 Å². The van der Waals surface area contributed by atoms with Crippen LogP contribution in [0.15, 0.2) is 12.4 Å². The van der Waals surface area contributed by atoms with Gasteiger partial charge in [0, 0.05) is 24.5 Å². The maximum absolute atomic E-state index is 12.6. The molecule has 1 heterocycles. The van der Waals surface area contributed by atoms with Gasteiger partial charge in [-0.15, -0.1) is 0 Å². The van der Waals surface area contributed by atoms with E-state index in [4.69, 9.17) is 0 Å². The predicted octanol–water partition coefficient (Wildman–Crippen LogP) is 2.64. The molecule has 1 aromatic rings. The largest absolute Gasteiger partial charge is 0.367 e. The maximum Gasteiger partial charge on any atom is 0.330 e. The standard InChI is InChI=1S/C13H19F4N3O/c1-9(2)3-18-4-10-5-19-11(20-6-10)7-21-8-13(16,17)12(14)15/h5-6,9,12,18H,3-4,7-8H2,1-2H3. The molecule has 8 heteroatoms. The highest BCUT2D eigenvalue weighted by Gasteiger charge is 2.40. The average Bonchev–Trinajstić information content (AvgIpc) is 2.40. The van der Waals surface area contributed by atoms with E-state index in [9.17, 15) is 17.6 Å². The summed E-state index contributed by atoms with van der Waals surface area (Å²) in [5.41, 5.74) is 0.845. The van der Waals surface area contributed by atoms with E-state index in [2.05, 4.69) is 33.9 Å². The van der Waals surface area contributed by atoms with E-state index in [1.807, 2.05) is 0 Å². The lowest BCUT2D eigenvalue weighted by Gasteiger charge is -2.14. The van der Waals surface area contributed by atoms with Gasteiger partial charge in [-0.2, -0.15) is 8.78 Å². The Bertz CT molecular complexity index is 412. The molecule has 21 heavy (non-hydrogen) atoms. The topological polar surface area (TPSA) is 47.0 Å². The summed E-state index contributed by atoms with van der Waals surface area (Å²) in [7, 11) is 0. The number of aromatic nitrogens is 2. The van der Waals surface area contributed by atoms with Crippen molar-refractivity contribution >= 4 is 0 Å². The highest BCUT2D eigenvalue weighted by molar-refractivity contribution is 5.04. The Hall–Kier alpha value is -1.28. The van der Waals surface area contributed by atoms with Gasteiger partial charge in [-0.1, -0.05) is 13.8 Å². The Morgan fingerprint density at radius 3 is 2.38 bits per heavy atom. The number of hydrogen-bond acceptors (Lipinski definition) is 4. The molecule has 1 aromatic heterocycles. The van der Waals surface area contributed by atoms with Crippen molar-refractivity contribution in [3.05, 3.63) is 23.8 Å². The van der Waals surface area contributed by atoms with Crippen LogP contribution in [0.4, 0.5) is 17.6 Å². The smallest absolute Gasteiger partial charge is 0.330 e. The van der Waals surface area contributed by atoms with Gasteiger partial charge < -0.3 is 10.1 Å². The molecule has 1 N–H and O–H groups in total. The molecule has 4 nitrogen and oxygen atoms in total. The molecule has 0 unspecified atom stereocenters. The quantitative estimate of drug-likeness (QED) is 0.712. The van der Waals surface area contributed by atoms with Crippen LogP contribution in [0, 0.1) is 5.92 Å². The van der Waals surface area contributed by atoms with Crippen LogP contribution in [-0.2, 0) is 17.9 Å². The van der Waals surface area contributed by atoms with Crippen molar-refractivity contribution in [3.8, 4) is 0 Å². The molecule has 0 radical (unpaired) electrons. The van der Waals surface area contributed by atoms with Crippen LogP contribution in [0.3, 0.4) is 0 Å². The monoisotopic (exact) mass is 309 g/mol. The molecule has 0 fully saturated rings. The lowest BCUT2D eigenvalue weighted by atomic mass is 10.2. The van der Waals surface area contributed by atoms with Crippen molar-refractivity contribution in [2.24, 2.45) is 5.92 Å². The fourth-order valence-electron chi connectivity index (χ4n) is 1.39. The fraction of sp³-hybridized carbons (Fsp3) is 0.692. The number of nitrogens with one attached hydrogen (secondary N) is 1. The Labute approximate surface area is 120 Å². The molecule has 0 aliphatic rings. The van der Waals surface area contributed by atoms with E-state index in [-0.39, 0.29) is 12.4 Å². The number of rotatable bonds is 9. The summed E-state index contributed by atoms with van der Waals surface area (Å²) >= 11 is 0. The molecule has 0 aromatic carbocycles. The highest BCUT2D eigenvalue weighted by Crippen LogP contribution is 2.23. The zero-order valence-electron chi connectivity index (χ0n) is 12.0. The van der Waals surface area contributed by atoms with E-state index < -0.39 is 19.0 Å². The second-order valence-electron chi connectivity index (χ2n) is 5.09. The van der Waals surface area contributed by atoms with E-state index in [0.717, 1.165) is 12.1 Å². The van der Waals surface area contributed by atoms with Crippen molar-refractivity contribution in [1.29, 1.82) is 0 Å². The van der Waals surface area contributed by atoms with Gasteiger partial charge in [0.2, 0.25) is 0 Å². The Morgan fingerprint density at radius 1 is 1.24 bits per heavy atom. The molecule has 0 atom stereocenters. The molecular weight excluding hydrogens is 290 g/mol. The second kappa shape index (κ2) is 8.23. The summed E-state index contributed by atoms with van der Waals surface area (Å²) in [6, 6.07) is 0. The average molecular weight is 309 g/mol. The molecule has 0 aliphatic carbocycles. The lowest BCUT2D eigenvalue weighted by molar-refractivity contribution is -0.168. The summed E-state index contributed by atoms with van der Waals surface area (Å²) in [5.74, 6) is -3.46. The summed E-state index contributed by atoms with van der Waals surface area (Å²) in [4.78, 5) is 7.86. The predicted molar refractivity (Wildman–Crippen MR) is 69.2 cm³/mol. The van der Waals surface area contributed by atoms with Crippen molar-refractivity contribution in [3.63, 3.8) is 0 Å². The van der Waals surface area contributed by atoms with Crippen LogP contribution in [-0.4, -0.2) is 35.5 Å². The minimum atomic E-state index is -4.15. The maximum atomic E-state index is 12.6. The van der Waals surface area contributed by atoms with Crippen LogP contribution in [0.2, 0.25) is 0 Å². The zero-order valence-corrected chi connectivity index (χ0v) is 12.0. The number of nitrogens with zero attached hydrogens (tertiary/aromatic N) is 2. The first-order chi connectivity index (χ1) is 9.81. The van der Waals surface area contributed by atoms with Crippen molar-refractivity contribution in [2.45, 2.75) is 39.3 Å². The fourth-order valence-corrected chi connectivity index (χ4v) is 1.39. The molecule has 1 rings (SSSR count). The number of alkyl halides is 4. The van der Waals surface area contributed by atoms with E-state index in [1.165, 1.54) is 0 Å². The molecule has 0 bridgehead atoms. The third kappa shape index (κ3) is 6.81. The zero-order chi connectivity index (χ0) is 15.9. The third-order valence-corrected chi connectivity index (χ3v) is 2.49. The second-order valence-corrected chi connectivity index (χ2v) is 5.09. The van der Waals surface area contributed by atoms with Gasteiger partial charge in [-0.3, -0.25) is 0 Å². The Morgan fingerprint density at radius 2 is 1.86 bits per heavy atom. The first kappa shape index (κ1) is 17.8. The molecule has 0 spiro atoms. The van der Waals surface area contributed by atoms with Gasteiger partial charge in [0.15, 0.2) is 5.82 Å². The number of ether oxygens (including phenoxy) is 1. The molecule has 0 amide bonds. The number of hydrogen-bond donors (Lipinski definition) is 1. The summed E-state index contributed by atoms with van der Waals surface area (Å²) < 4.78 is 53.5. The first-order valence-corrected chi connectivity index (χ1v) is 6.55. The first-order valence-electron chi connectivity index (χ1n) is 6.55. The number of halogens is 4. The molecule has 0 saturated heterocycles. The minimum Gasteiger partial charge on any atom is -0.367 e. The normalized spacial score (nSPS) is 12.4. The van der Waals surface area contributed by atoms with Gasteiger partial charge in [0.25, 0.3) is 0 Å². The molecule has 0 aliphatic heterocycles. The molecule has 120 valence electrons. The van der Waals surface area contributed by atoms with Crippen molar-refractivity contribution in [2.75, 3.05) is 13.2 Å². The van der Waals surface area contributed by atoms with E-state index in [1.54, 1.807) is 12.4 Å². The highest BCUT2D eigenvalue weighted by atomic mass is 19.3. The van der Waals surface area contributed by atoms with Gasteiger partial charge in [0.05, 0.1) is 0 Å². The van der Waals surface area contributed by atoms with Crippen LogP contribution >= 0.6 is 0 Å². The van der Waals surface area contributed by atoms with E-state index in [0.29, 0.717) is 12.5 Å². The summed E-state index contributed by atoms with van der Waals surface area (Å²) in [6.07, 6.45) is -0.651. The van der Waals surface area contributed by atoms with Gasteiger partial charge in [-0.05, 0) is 12.5 Å². The van der Waals surface area contributed by atoms with Gasteiger partial charge in [0.1, 0.15) is 13.2 Å². The molecular formula is C13H19F4N3O. The summed E-state index contributed by atoms with van der Waals surface area (Å²) in [6.45, 7) is 3.93. The minimum absolute atomic E-state index is 0.174. The lowest BCUT2D eigenvalue weighted by Crippen LogP contribution is -2.32. The SMILES string of the molecule is CC(C)CNCc1cnc(COCC(F)(F)C(F)F)nc1. The van der Waals surface area contributed by atoms with Gasteiger partial charge in [-0.25, -0.2) is 18.7 Å².